The van der Waals surface area contributed by atoms with E-state index in [0.717, 1.165) is 18.3 Å². The summed E-state index contributed by atoms with van der Waals surface area (Å²) in [5.41, 5.74) is 23.7. The molecule has 4 nitrogen and oxygen atoms in total. The molecule has 0 aliphatic heterocycles. The molecule has 4 aliphatic rings. The van der Waals surface area contributed by atoms with Crippen molar-refractivity contribution in [1.29, 1.82) is 0 Å². The molecule has 4 rings (SSSR count). The van der Waals surface area contributed by atoms with Gasteiger partial charge in [0.25, 0.3) is 0 Å². The van der Waals surface area contributed by atoms with Crippen molar-refractivity contribution in [3.05, 3.63) is 0 Å². The molecule has 8 N–H and O–H groups in total. The summed E-state index contributed by atoms with van der Waals surface area (Å²) >= 11 is 0. The second-order valence-corrected chi connectivity index (χ2v) is 7.30. The van der Waals surface area contributed by atoms with E-state index in [1.165, 1.54) is 38.5 Å². The van der Waals surface area contributed by atoms with Crippen molar-refractivity contribution < 1.29 is 0 Å². The topological polar surface area (TPSA) is 104 Å². The normalized spacial score (nSPS) is 56.7. The Bertz CT molecular complexity index is 305. The van der Waals surface area contributed by atoms with Crippen molar-refractivity contribution in [3.63, 3.8) is 0 Å². The average Bonchev–Trinajstić information content (AvgIpc) is 2.96. The Balaban J connectivity index is 0.000000111. The van der Waals surface area contributed by atoms with Crippen LogP contribution in [0.2, 0.25) is 0 Å². The van der Waals surface area contributed by atoms with Crippen LogP contribution in [0.25, 0.3) is 0 Å². The standard InChI is InChI=1S/2C7H14N2/c8-6-2-4-1-5(6)7(9)3-4;8-6-4-7(9)2-1-5(6)3-7/h4-7H,1-3,8-9H2;5-6H,1-4,8-9H2. The number of rotatable bonds is 0. The highest BCUT2D eigenvalue weighted by molar-refractivity contribution is 5.05. The number of nitrogens with two attached hydrogens (primary N) is 4. The van der Waals surface area contributed by atoms with Crippen molar-refractivity contribution >= 4 is 0 Å². The maximum absolute atomic E-state index is 6.01. The minimum atomic E-state index is 0.157. The van der Waals surface area contributed by atoms with Gasteiger partial charge in [0.2, 0.25) is 0 Å². The van der Waals surface area contributed by atoms with Crippen molar-refractivity contribution in [2.45, 2.75) is 68.6 Å². The Morgan fingerprint density at radius 2 is 1.50 bits per heavy atom. The van der Waals surface area contributed by atoms with Gasteiger partial charge in [0, 0.05) is 23.7 Å². The number of fused-ring (bicyclic) bond motifs is 4. The highest BCUT2D eigenvalue weighted by atomic mass is 14.9. The molecule has 4 heteroatoms. The summed E-state index contributed by atoms with van der Waals surface area (Å²) in [6, 6.07) is 1.28. The molecule has 4 saturated carbocycles. The van der Waals surface area contributed by atoms with Crippen LogP contribution in [0.15, 0.2) is 0 Å². The molecule has 0 heterocycles. The molecular weight excluding hydrogens is 224 g/mol. The number of hydrogen-bond acceptors (Lipinski definition) is 4. The Morgan fingerprint density at radius 1 is 0.833 bits per heavy atom. The summed E-state index contributed by atoms with van der Waals surface area (Å²) < 4.78 is 0. The van der Waals surface area contributed by atoms with Gasteiger partial charge < -0.3 is 22.9 Å². The van der Waals surface area contributed by atoms with E-state index in [-0.39, 0.29) is 5.54 Å². The molecule has 4 bridgehead atoms. The second kappa shape index (κ2) is 4.44. The Hall–Kier alpha value is -0.160. The van der Waals surface area contributed by atoms with Crippen LogP contribution in [-0.4, -0.2) is 23.7 Å². The zero-order valence-electron chi connectivity index (χ0n) is 11.2. The quantitative estimate of drug-likeness (QED) is 0.497. The van der Waals surface area contributed by atoms with Gasteiger partial charge in [0.15, 0.2) is 0 Å². The lowest BCUT2D eigenvalue weighted by Gasteiger charge is -2.23. The lowest BCUT2D eigenvalue weighted by molar-refractivity contribution is 0.368. The molecule has 4 aliphatic carbocycles. The van der Waals surface area contributed by atoms with E-state index in [9.17, 15) is 0 Å². The maximum Gasteiger partial charge on any atom is 0.0172 e. The van der Waals surface area contributed by atoms with Gasteiger partial charge in [-0.25, -0.2) is 0 Å². The van der Waals surface area contributed by atoms with Crippen LogP contribution in [0.5, 0.6) is 0 Å². The van der Waals surface area contributed by atoms with Gasteiger partial charge in [-0.2, -0.15) is 0 Å². The maximum atomic E-state index is 6.01. The van der Waals surface area contributed by atoms with Gasteiger partial charge in [0.05, 0.1) is 0 Å². The summed E-state index contributed by atoms with van der Waals surface area (Å²) in [4.78, 5) is 0. The first kappa shape index (κ1) is 12.9. The lowest BCUT2D eigenvalue weighted by atomic mass is 9.92. The first-order valence-electron chi connectivity index (χ1n) is 7.52. The van der Waals surface area contributed by atoms with Crippen LogP contribution in [0.4, 0.5) is 0 Å². The van der Waals surface area contributed by atoms with Gasteiger partial charge >= 0.3 is 0 Å². The Labute approximate surface area is 110 Å². The monoisotopic (exact) mass is 252 g/mol. The minimum absolute atomic E-state index is 0.157. The molecule has 5 atom stereocenters. The van der Waals surface area contributed by atoms with Crippen LogP contribution in [0.3, 0.4) is 0 Å². The SMILES string of the molecule is NC1CC2(N)CCC1C2.NC1CC2CC(N)C1C2. The molecule has 0 amide bonds. The second-order valence-electron chi connectivity index (χ2n) is 7.30. The Kier molecular flexibility index (Phi) is 3.17. The van der Waals surface area contributed by atoms with Gasteiger partial charge in [-0.15, -0.1) is 0 Å². The van der Waals surface area contributed by atoms with Crippen molar-refractivity contribution in [2.24, 2.45) is 40.7 Å². The molecule has 0 aromatic heterocycles. The van der Waals surface area contributed by atoms with Crippen molar-refractivity contribution in [1.82, 2.24) is 0 Å². The van der Waals surface area contributed by atoms with Crippen LogP contribution >= 0.6 is 0 Å². The van der Waals surface area contributed by atoms with E-state index in [4.69, 9.17) is 22.9 Å². The number of hydrogen-bond donors (Lipinski definition) is 4. The summed E-state index contributed by atoms with van der Waals surface area (Å²) in [5.74, 6) is 2.30. The first-order chi connectivity index (χ1) is 8.47. The molecule has 0 aromatic rings. The molecular formula is C14H28N4. The van der Waals surface area contributed by atoms with Crippen LogP contribution in [-0.2, 0) is 0 Å². The molecule has 4 fully saturated rings. The zero-order valence-corrected chi connectivity index (χ0v) is 11.2. The van der Waals surface area contributed by atoms with Crippen molar-refractivity contribution in [2.75, 3.05) is 0 Å². The van der Waals surface area contributed by atoms with E-state index >= 15 is 0 Å². The van der Waals surface area contributed by atoms with E-state index in [2.05, 4.69) is 0 Å². The first-order valence-corrected chi connectivity index (χ1v) is 7.52. The molecule has 104 valence electrons. The summed E-state index contributed by atoms with van der Waals surface area (Å²) in [6.45, 7) is 0. The molecule has 0 spiro atoms. The molecule has 0 aromatic carbocycles. The molecule has 0 saturated heterocycles. The zero-order chi connectivity index (χ0) is 12.9. The lowest BCUT2D eigenvalue weighted by Crippen LogP contribution is -2.39. The van der Waals surface area contributed by atoms with Gasteiger partial charge in [0.1, 0.15) is 0 Å². The molecule has 18 heavy (non-hydrogen) atoms. The van der Waals surface area contributed by atoms with Crippen LogP contribution in [0.1, 0.15) is 44.9 Å². The van der Waals surface area contributed by atoms with E-state index in [1.807, 2.05) is 0 Å². The van der Waals surface area contributed by atoms with Crippen molar-refractivity contribution in [3.8, 4) is 0 Å². The van der Waals surface area contributed by atoms with Crippen LogP contribution < -0.4 is 22.9 Å². The largest absolute Gasteiger partial charge is 0.327 e. The van der Waals surface area contributed by atoms with Crippen LogP contribution in [0, 0.1) is 17.8 Å². The summed E-state index contributed by atoms with van der Waals surface area (Å²) in [5, 5.41) is 0. The third-order valence-electron chi connectivity index (χ3n) is 5.85. The summed E-state index contributed by atoms with van der Waals surface area (Å²) in [6.07, 6.45) is 8.52. The highest BCUT2D eigenvalue weighted by Gasteiger charge is 2.46. The highest BCUT2D eigenvalue weighted by Crippen LogP contribution is 2.45. The average molecular weight is 252 g/mol. The van der Waals surface area contributed by atoms with E-state index in [0.29, 0.717) is 24.0 Å². The van der Waals surface area contributed by atoms with E-state index in [1.54, 1.807) is 0 Å². The van der Waals surface area contributed by atoms with E-state index < -0.39 is 0 Å². The predicted molar refractivity (Wildman–Crippen MR) is 73.6 cm³/mol. The third-order valence-corrected chi connectivity index (χ3v) is 5.85. The predicted octanol–water partition coefficient (Wildman–Crippen LogP) is 0.286. The third kappa shape index (κ3) is 2.20. The molecule has 0 radical (unpaired) electrons. The van der Waals surface area contributed by atoms with Gasteiger partial charge in [-0.1, -0.05) is 0 Å². The fraction of sp³-hybridized carbons (Fsp3) is 1.00. The fourth-order valence-corrected chi connectivity index (χ4v) is 4.85. The molecule has 5 unspecified atom stereocenters. The minimum Gasteiger partial charge on any atom is -0.327 e. The van der Waals surface area contributed by atoms with Gasteiger partial charge in [-0.05, 0) is 62.7 Å². The Morgan fingerprint density at radius 3 is 1.72 bits per heavy atom. The smallest absolute Gasteiger partial charge is 0.0172 e. The fourth-order valence-electron chi connectivity index (χ4n) is 4.85. The summed E-state index contributed by atoms with van der Waals surface area (Å²) in [7, 11) is 0. The van der Waals surface area contributed by atoms with Gasteiger partial charge in [-0.3, -0.25) is 0 Å².